The van der Waals surface area contributed by atoms with Crippen LogP contribution in [0.4, 0.5) is 10.5 Å². The molecule has 0 aliphatic heterocycles. The van der Waals surface area contributed by atoms with Crippen molar-refractivity contribution in [1.29, 1.82) is 0 Å². The Hall–Kier alpha value is -1.98. The van der Waals surface area contributed by atoms with Crippen LogP contribution in [-0.4, -0.2) is 18.1 Å². The Bertz CT molecular complexity index is 285. The van der Waals surface area contributed by atoms with E-state index in [4.69, 9.17) is 10.5 Å². The molecule has 1 aromatic heterocycles. The standard InChI is InChI=1S/C7H10N4O2/c1-13-6-3-2-5(4-9-6)10-11-7(8)12/h2-4,10H,1H3,(H3,8,11,12). The summed E-state index contributed by atoms with van der Waals surface area (Å²) in [5, 5.41) is 0. The van der Waals surface area contributed by atoms with Crippen molar-refractivity contribution in [2.24, 2.45) is 5.73 Å². The van der Waals surface area contributed by atoms with Crippen molar-refractivity contribution in [2.75, 3.05) is 12.5 Å². The summed E-state index contributed by atoms with van der Waals surface area (Å²) >= 11 is 0. The Labute approximate surface area is 75.1 Å². The van der Waals surface area contributed by atoms with E-state index in [0.717, 1.165) is 0 Å². The number of carbonyl (C=O) groups excluding carboxylic acids is 1. The molecule has 13 heavy (non-hydrogen) atoms. The molecule has 1 heterocycles. The van der Waals surface area contributed by atoms with E-state index in [1.807, 2.05) is 0 Å². The van der Waals surface area contributed by atoms with Crippen molar-refractivity contribution in [2.45, 2.75) is 0 Å². The molecule has 0 aromatic carbocycles. The Morgan fingerprint density at radius 1 is 1.62 bits per heavy atom. The second-order valence-electron chi connectivity index (χ2n) is 2.20. The van der Waals surface area contributed by atoms with Gasteiger partial charge in [-0.25, -0.2) is 9.78 Å². The van der Waals surface area contributed by atoms with Crippen molar-refractivity contribution in [3.63, 3.8) is 0 Å². The first-order chi connectivity index (χ1) is 6.22. The van der Waals surface area contributed by atoms with Crippen molar-refractivity contribution >= 4 is 11.7 Å². The molecule has 0 atom stereocenters. The summed E-state index contributed by atoms with van der Waals surface area (Å²) in [7, 11) is 1.52. The number of nitrogens with one attached hydrogen (secondary N) is 2. The van der Waals surface area contributed by atoms with Gasteiger partial charge in [0.25, 0.3) is 0 Å². The summed E-state index contributed by atoms with van der Waals surface area (Å²) in [5.74, 6) is 0.504. The fourth-order valence-electron chi connectivity index (χ4n) is 0.709. The van der Waals surface area contributed by atoms with Crippen LogP contribution in [0.25, 0.3) is 0 Å². The summed E-state index contributed by atoms with van der Waals surface area (Å²) in [6.07, 6.45) is 1.51. The van der Waals surface area contributed by atoms with Gasteiger partial charge in [0, 0.05) is 6.07 Å². The van der Waals surface area contributed by atoms with E-state index in [9.17, 15) is 4.79 Å². The Morgan fingerprint density at radius 3 is 2.85 bits per heavy atom. The lowest BCUT2D eigenvalue weighted by Gasteiger charge is -2.05. The number of ether oxygens (including phenoxy) is 1. The van der Waals surface area contributed by atoms with E-state index in [1.54, 1.807) is 12.1 Å². The number of hydrogen-bond acceptors (Lipinski definition) is 4. The number of hydrogen-bond donors (Lipinski definition) is 3. The molecule has 2 amide bonds. The number of primary amides is 1. The molecule has 0 saturated heterocycles. The Balaban J connectivity index is 2.54. The smallest absolute Gasteiger partial charge is 0.330 e. The normalized spacial score (nSPS) is 9.00. The van der Waals surface area contributed by atoms with E-state index in [2.05, 4.69) is 15.8 Å². The minimum Gasteiger partial charge on any atom is -0.481 e. The van der Waals surface area contributed by atoms with Crippen LogP contribution in [0.3, 0.4) is 0 Å². The van der Waals surface area contributed by atoms with E-state index in [0.29, 0.717) is 11.6 Å². The highest BCUT2D eigenvalue weighted by molar-refractivity contribution is 5.73. The van der Waals surface area contributed by atoms with Gasteiger partial charge in [-0.05, 0) is 6.07 Å². The van der Waals surface area contributed by atoms with Crippen LogP contribution in [0.2, 0.25) is 0 Å². The fraction of sp³-hybridized carbons (Fsp3) is 0.143. The number of rotatable bonds is 3. The van der Waals surface area contributed by atoms with Crippen molar-refractivity contribution in [1.82, 2.24) is 10.4 Å². The van der Waals surface area contributed by atoms with E-state index in [-0.39, 0.29) is 0 Å². The minimum atomic E-state index is -0.657. The molecule has 4 N–H and O–H groups in total. The second-order valence-corrected chi connectivity index (χ2v) is 2.20. The van der Waals surface area contributed by atoms with Gasteiger partial charge in [-0.2, -0.15) is 0 Å². The van der Waals surface area contributed by atoms with Gasteiger partial charge in [-0.3, -0.25) is 10.9 Å². The lowest BCUT2D eigenvalue weighted by atomic mass is 10.4. The van der Waals surface area contributed by atoms with Gasteiger partial charge >= 0.3 is 6.03 Å². The molecule has 6 nitrogen and oxygen atoms in total. The van der Waals surface area contributed by atoms with Gasteiger partial charge < -0.3 is 10.5 Å². The largest absolute Gasteiger partial charge is 0.481 e. The first-order valence-corrected chi connectivity index (χ1v) is 3.54. The number of methoxy groups -OCH3 is 1. The number of hydrazine groups is 1. The quantitative estimate of drug-likeness (QED) is 0.578. The van der Waals surface area contributed by atoms with Gasteiger partial charge in [0.1, 0.15) is 0 Å². The molecular weight excluding hydrogens is 172 g/mol. The summed E-state index contributed by atoms with van der Waals surface area (Å²) in [6, 6.07) is 2.70. The number of nitrogens with two attached hydrogens (primary N) is 1. The van der Waals surface area contributed by atoms with Crippen LogP contribution < -0.4 is 21.3 Å². The van der Waals surface area contributed by atoms with Crippen LogP contribution in [0, 0.1) is 0 Å². The zero-order chi connectivity index (χ0) is 9.68. The molecular formula is C7H10N4O2. The fourth-order valence-corrected chi connectivity index (χ4v) is 0.709. The Kier molecular flexibility index (Phi) is 2.91. The highest BCUT2D eigenvalue weighted by atomic mass is 16.5. The van der Waals surface area contributed by atoms with Crippen molar-refractivity contribution < 1.29 is 9.53 Å². The number of urea groups is 1. The second kappa shape index (κ2) is 4.15. The number of aromatic nitrogens is 1. The summed E-state index contributed by atoms with van der Waals surface area (Å²) in [5.41, 5.74) is 10.2. The first kappa shape index (κ1) is 9.11. The maximum atomic E-state index is 10.3. The topological polar surface area (TPSA) is 89.3 Å². The predicted octanol–water partition coefficient (Wildman–Crippen LogP) is 0.0854. The lowest BCUT2D eigenvalue weighted by Crippen LogP contribution is -2.34. The van der Waals surface area contributed by atoms with Gasteiger partial charge in [-0.15, -0.1) is 0 Å². The van der Waals surface area contributed by atoms with Crippen molar-refractivity contribution in [3.05, 3.63) is 18.3 Å². The average Bonchev–Trinajstić information content (AvgIpc) is 2.15. The highest BCUT2D eigenvalue weighted by Gasteiger charge is 1.94. The molecule has 0 bridgehead atoms. The maximum Gasteiger partial charge on any atom is 0.330 e. The highest BCUT2D eigenvalue weighted by Crippen LogP contribution is 2.09. The van der Waals surface area contributed by atoms with Gasteiger partial charge in [0.05, 0.1) is 19.0 Å². The third-order valence-corrected chi connectivity index (χ3v) is 1.28. The molecule has 0 spiro atoms. The van der Waals surface area contributed by atoms with E-state index in [1.165, 1.54) is 13.3 Å². The molecule has 0 radical (unpaired) electrons. The molecule has 0 fully saturated rings. The predicted molar refractivity (Wildman–Crippen MR) is 47.1 cm³/mol. The molecule has 70 valence electrons. The van der Waals surface area contributed by atoms with E-state index < -0.39 is 6.03 Å². The molecule has 1 aromatic rings. The first-order valence-electron chi connectivity index (χ1n) is 3.54. The van der Waals surface area contributed by atoms with Gasteiger partial charge in [0.15, 0.2) is 0 Å². The van der Waals surface area contributed by atoms with Gasteiger partial charge in [0.2, 0.25) is 5.88 Å². The van der Waals surface area contributed by atoms with E-state index >= 15 is 0 Å². The van der Waals surface area contributed by atoms with Crippen LogP contribution in [0.1, 0.15) is 0 Å². The molecule has 0 aliphatic carbocycles. The number of anilines is 1. The average molecular weight is 182 g/mol. The SMILES string of the molecule is COc1ccc(NNC(N)=O)cn1. The molecule has 6 heteroatoms. The molecule has 0 aliphatic rings. The maximum absolute atomic E-state index is 10.3. The van der Waals surface area contributed by atoms with Crippen LogP contribution in [-0.2, 0) is 0 Å². The third kappa shape index (κ3) is 2.86. The summed E-state index contributed by atoms with van der Waals surface area (Å²) in [6.45, 7) is 0. The van der Waals surface area contributed by atoms with Crippen LogP contribution in [0.15, 0.2) is 18.3 Å². The van der Waals surface area contributed by atoms with Gasteiger partial charge in [-0.1, -0.05) is 0 Å². The Morgan fingerprint density at radius 2 is 2.38 bits per heavy atom. The molecule has 0 saturated carbocycles. The zero-order valence-electron chi connectivity index (χ0n) is 7.07. The zero-order valence-corrected chi connectivity index (χ0v) is 7.07. The number of amides is 2. The number of pyridine rings is 1. The summed E-state index contributed by atoms with van der Waals surface area (Å²) in [4.78, 5) is 14.2. The minimum absolute atomic E-state index is 0.504. The van der Waals surface area contributed by atoms with Crippen LogP contribution >= 0.6 is 0 Å². The lowest BCUT2D eigenvalue weighted by molar-refractivity contribution is 0.250. The molecule has 0 unspecified atom stereocenters. The monoisotopic (exact) mass is 182 g/mol. The summed E-state index contributed by atoms with van der Waals surface area (Å²) < 4.78 is 4.84. The van der Waals surface area contributed by atoms with Crippen molar-refractivity contribution in [3.8, 4) is 5.88 Å². The number of nitrogens with zero attached hydrogens (tertiary/aromatic N) is 1. The third-order valence-electron chi connectivity index (χ3n) is 1.28. The molecule has 1 rings (SSSR count). The van der Waals surface area contributed by atoms with Crippen LogP contribution in [0.5, 0.6) is 5.88 Å². The number of carbonyl (C=O) groups is 1.